The predicted octanol–water partition coefficient (Wildman–Crippen LogP) is 5.16. The zero-order valence-corrected chi connectivity index (χ0v) is 33.0. The molecule has 0 saturated carbocycles. The van der Waals surface area contributed by atoms with E-state index >= 15 is 0 Å². The van der Waals surface area contributed by atoms with E-state index in [2.05, 4.69) is 18.8 Å². The van der Waals surface area contributed by atoms with Crippen molar-refractivity contribution in [2.45, 2.75) is 77.2 Å². The zero-order chi connectivity index (χ0) is 40.1. The summed E-state index contributed by atoms with van der Waals surface area (Å²) in [6.45, 7) is 12.5. The van der Waals surface area contributed by atoms with Gasteiger partial charge in [-0.3, -0.25) is 9.59 Å². The molecule has 2 aliphatic carbocycles. The summed E-state index contributed by atoms with van der Waals surface area (Å²) in [6.07, 6.45) is 2.44. The summed E-state index contributed by atoms with van der Waals surface area (Å²) in [5.41, 5.74) is 1.40. The summed E-state index contributed by atoms with van der Waals surface area (Å²) in [5.74, 6) is -3.81. The van der Waals surface area contributed by atoms with Crippen molar-refractivity contribution in [3.63, 3.8) is 0 Å². The van der Waals surface area contributed by atoms with E-state index in [1.807, 2.05) is 56.3 Å². The average molecular weight is 761 g/mol. The molecule has 1 fully saturated rings. The van der Waals surface area contributed by atoms with Gasteiger partial charge < -0.3 is 44.1 Å². The molecular formula is C43H56N2O10. The number of ketones is 1. The third-order valence-electron chi connectivity index (χ3n) is 11.0. The second-order valence-electron chi connectivity index (χ2n) is 15.4. The first-order valence-electron chi connectivity index (χ1n) is 18.9. The molecule has 1 saturated heterocycles. The standard InChI is InChI=1S/C43H56N2O10/c1-26(2)36-19-27(3)39-33(29(5)54-43(50,55-36)24-30-12-10-9-11-13-30)20-32(23-42(49)34(39)18-28(4)40(42)47)25-52-38(46)22-31-14-15-35(37(21-31)51-8)53-41(48)45(7)17-16-44-6/h9-15,18,20-21,27,29,33-34,36,39,44,49-50H,1,16-17,19,22-25H2,2-8H3/t27-,29+,33?,34?,36?,39?,42?,43-/m1/s1. The molecule has 1 heterocycles. The predicted molar refractivity (Wildman–Crippen MR) is 206 cm³/mol. The van der Waals surface area contributed by atoms with Crippen LogP contribution < -0.4 is 14.8 Å². The van der Waals surface area contributed by atoms with Gasteiger partial charge in [0.05, 0.1) is 32.2 Å². The van der Waals surface area contributed by atoms with E-state index in [0.717, 1.165) is 11.1 Å². The van der Waals surface area contributed by atoms with Crippen molar-refractivity contribution >= 4 is 17.8 Å². The van der Waals surface area contributed by atoms with Gasteiger partial charge in [0.2, 0.25) is 0 Å². The highest BCUT2D eigenvalue weighted by Crippen LogP contribution is 2.51. The van der Waals surface area contributed by atoms with Gasteiger partial charge >= 0.3 is 12.1 Å². The summed E-state index contributed by atoms with van der Waals surface area (Å²) in [4.78, 5) is 41.0. The molecular weight excluding hydrogens is 704 g/mol. The van der Waals surface area contributed by atoms with Crippen molar-refractivity contribution in [1.29, 1.82) is 0 Å². The molecule has 0 spiro atoms. The Kier molecular flexibility index (Phi) is 13.4. The number of nitrogens with one attached hydrogen (secondary N) is 1. The quantitative estimate of drug-likeness (QED) is 0.194. The van der Waals surface area contributed by atoms with Crippen molar-refractivity contribution < 1.29 is 48.3 Å². The fourth-order valence-electron chi connectivity index (χ4n) is 8.15. The van der Waals surface area contributed by atoms with E-state index in [0.29, 0.717) is 36.2 Å². The molecule has 1 amide bonds. The molecule has 0 radical (unpaired) electrons. The fraction of sp³-hybridized carbons (Fsp3) is 0.512. The number of ether oxygens (including phenoxy) is 5. The van der Waals surface area contributed by atoms with E-state index in [-0.39, 0.29) is 55.0 Å². The van der Waals surface area contributed by atoms with Crippen LogP contribution in [0.5, 0.6) is 11.5 Å². The summed E-state index contributed by atoms with van der Waals surface area (Å²) in [7, 11) is 4.87. The topological polar surface area (TPSA) is 153 Å². The Morgan fingerprint density at radius 3 is 2.45 bits per heavy atom. The molecule has 3 aliphatic rings. The number of fused-ring (bicyclic) bond motifs is 3. The average Bonchev–Trinajstić information content (AvgIpc) is 3.28. The molecule has 3 N–H and O–H groups in total. The number of amides is 1. The number of methoxy groups -OCH3 is 1. The Bertz CT molecular complexity index is 1790. The number of aliphatic hydroxyl groups is 2. The van der Waals surface area contributed by atoms with Crippen molar-refractivity contribution in [3.05, 3.63) is 95.1 Å². The minimum absolute atomic E-state index is 0.0323. The molecule has 0 bridgehead atoms. The molecule has 8 atom stereocenters. The lowest BCUT2D eigenvalue weighted by Gasteiger charge is -2.40. The van der Waals surface area contributed by atoms with Crippen LogP contribution in [0.4, 0.5) is 4.79 Å². The maximum absolute atomic E-state index is 13.7. The first kappa shape index (κ1) is 41.8. The Labute approximate surface area is 324 Å². The summed E-state index contributed by atoms with van der Waals surface area (Å²) in [5, 5.41) is 27.3. The number of likely N-dealkylation sites (N-methyl/N-ethyl adjacent to an activating group) is 2. The van der Waals surface area contributed by atoms with E-state index in [9.17, 15) is 24.6 Å². The van der Waals surface area contributed by atoms with E-state index in [1.54, 1.807) is 39.2 Å². The van der Waals surface area contributed by atoms with E-state index in [4.69, 9.17) is 23.7 Å². The van der Waals surface area contributed by atoms with Crippen LogP contribution in [0.2, 0.25) is 0 Å². The van der Waals surface area contributed by atoms with Gasteiger partial charge in [0, 0.05) is 38.4 Å². The summed E-state index contributed by atoms with van der Waals surface area (Å²) < 4.78 is 29.6. The molecule has 1 aliphatic heterocycles. The second-order valence-corrected chi connectivity index (χ2v) is 15.4. The maximum Gasteiger partial charge on any atom is 0.415 e. The molecule has 5 rings (SSSR count). The van der Waals surface area contributed by atoms with Crippen LogP contribution in [0.15, 0.2) is 84.0 Å². The third-order valence-corrected chi connectivity index (χ3v) is 11.0. The van der Waals surface area contributed by atoms with Gasteiger partial charge in [-0.05, 0) is 80.5 Å². The molecule has 55 heavy (non-hydrogen) atoms. The van der Waals surface area contributed by atoms with Crippen LogP contribution in [0.25, 0.3) is 0 Å². The normalized spacial score (nSPS) is 29.2. The summed E-state index contributed by atoms with van der Waals surface area (Å²) in [6, 6.07) is 14.3. The number of nitrogens with zero attached hydrogens (tertiary/aromatic N) is 1. The summed E-state index contributed by atoms with van der Waals surface area (Å²) >= 11 is 0. The van der Waals surface area contributed by atoms with Crippen molar-refractivity contribution in [1.82, 2.24) is 10.2 Å². The highest BCUT2D eigenvalue weighted by Gasteiger charge is 2.56. The number of carbonyl (C=O) groups excluding carboxylic acids is 3. The Balaban J connectivity index is 1.39. The van der Waals surface area contributed by atoms with Crippen LogP contribution in [-0.4, -0.2) is 97.6 Å². The lowest BCUT2D eigenvalue weighted by atomic mass is 9.67. The van der Waals surface area contributed by atoms with Crippen LogP contribution in [0.3, 0.4) is 0 Å². The van der Waals surface area contributed by atoms with E-state index in [1.165, 1.54) is 12.0 Å². The minimum atomic E-state index is -2.00. The number of benzene rings is 2. The Morgan fingerprint density at radius 1 is 1.05 bits per heavy atom. The number of carbonyl (C=O) groups is 3. The highest BCUT2D eigenvalue weighted by atomic mass is 16.8. The monoisotopic (exact) mass is 760 g/mol. The lowest BCUT2D eigenvalue weighted by Crippen LogP contribution is -2.48. The zero-order valence-electron chi connectivity index (χ0n) is 33.0. The van der Waals surface area contributed by atoms with Crippen molar-refractivity contribution in [3.8, 4) is 11.5 Å². The van der Waals surface area contributed by atoms with Crippen molar-refractivity contribution in [2.75, 3.05) is 40.9 Å². The van der Waals surface area contributed by atoms with Gasteiger partial charge in [-0.25, -0.2) is 4.79 Å². The SMILES string of the molecule is C=C(C)C1C[C@@H](C)C2C(C=C(COC(=O)Cc3ccc(OC(=O)N(C)CCNC)c(OC)c3)CC3(O)C(=O)C(C)=CC23)[C@H](C)O[C@](O)(Cc2ccccc2)O1. The molecule has 2 aromatic carbocycles. The number of esters is 1. The Morgan fingerprint density at radius 2 is 1.78 bits per heavy atom. The van der Waals surface area contributed by atoms with Crippen LogP contribution in [0.1, 0.15) is 51.7 Å². The highest BCUT2D eigenvalue weighted by molar-refractivity contribution is 6.04. The number of hydrogen-bond acceptors (Lipinski definition) is 11. The first-order chi connectivity index (χ1) is 26.1. The number of hydrogen-bond donors (Lipinski definition) is 3. The van der Waals surface area contributed by atoms with E-state index < -0.39 is 47.7 Å². The minimum Gasteiger partial charge on any atom is -0.493 e. The lowest BCUT2D eigenvalue weighted by molar-refractivity contribution is -0.384. The molecule has 0 aromatic heterocycles. The maximum atomic E-state index is 13.7. The van der Waals surface area contributed by atoms with Gasteiger partial charge in [-0.1, -0.05) is 67.6 Å². The first-order valence-corrected chi connectivity index (χ1v) is 18.9. The van der Waals surface area contributed by atoms with Crippen LogP contribution in [-0.2, 0) is 36.6 Å². The van der Waals surface area contributed by atoms with Gasteiger partial charge in [-0.2, -0.15) is 0 Å². The third kappa shape index (κ3) is 9.74. The molecule has 5 unspecified atom stereocenters. The van der Waals surface area contributed by atoms with Gasteiger partial charge in [0.15, 0.2) is 17.3 Å². The van der Waals surface area contributed by atoms with Crippen LogP contribution in [0, 0.1) is 23.7 Å². The fourth-order valence-corrected chi connectivity index (χ4v) is 8.15. The molecule has 12 heteroatoms. The van der Waals surface area contributed by atoms with Crippen LogP contribution >= 0.6 is 0 Å². The molecule has 12 nitrogen and oxygen atoms in total. The van der Waals surface area contributed by atoms with Gasteiger partial charge in [0.25, 0.3) is 5.97 Å². The number of rotatable bonds is 12. The van der Waals surface area contributed by atoms with Gasteiger partial charge in [-0.15, -0.1) is 0 Å². The molecule has 2 aromatic rings. The molecule has 298 valence electrons. The number of Topliss-reactive ketones (excluding diaryl/α,β-unsaturated/α-hetero) is 1. The Hall–Kier alpha value is -4.33. The van der Waals surface area contributed by atoms with Gasteiger partial charge in [0.1, 0.15) is 12.2 Å². The second kappa shape index (κ2) is 17.6. The van der Waals surface area contributed by atoms with Crippen molar-refractivity contribution in [2.24, 2.45) is 23.7 Å². The smallest absolute Gasteiger partial charge is 0.415 e. The largest absolute Gasteiger partial charge is 0.493 e.